The first-order valence-electron chi connectivity index (χ1n) is 14.2. The fraction of sp³-hybridized carbons (Fsp3) is 0.406. The number of aryl methyl sites for hydroxylation is 1. The van der Waals surface area contributed by atoms with Gasteiger partial charge in [-0.3, -0.25) is 9.78 Å². The van der Waals surface area contributed by atoms with Crippen LogP contribution in [-0.4, -0.2) is 54.0 Å². The Morgan fingerprint density at radius 1 is 0.895 bits per heavy atom. The lowest BCUT2D eigenvalue weighted by molar-refractivity contribution is 0.0909. The molecule has 2 aliphatic carbocycles. The monoisotopic (exact) mass is 509 g/mol. The van der Waals surface area contributed by atoms with Crippen molar-refractivity contribution >= 4 is 17.3 Å². The minimum absolute atomic E-state index is 0. The predicted molar refractivity (Wildman–Crippen MR) is 155 cm³/mol. The number of carbonyl (C=O) groups excluding carboxylic acids is 1. The second-order valence-corrected chi connectivity index (χ2v) is 11.4. The summed E-state index contributed by atoms with van der Waals surface area (Å²) >= 11 is 0. The Morgan fingerprint density at radius 3 is 2.58 bits per heavy atom. The first-order valence-corrected chi connectivity index (χ1v) is 14.2. The third-order valence-corrected chi connectivity index (χ3v) is 9.05. The van der Waals surface area contributed by atoms with Crippen molar-refractivity contribution in [1.29, 1.82) is 0 Å². The minimum atomic E-state index is -0.185. The van der Waals surface area contributed by atoms with Gasteiger partial charge in [-0.1, -0.05) is 31.4 Å². The molecule has 1 amide bonds. The number of amides is 1. The molecule has 4 heterocycles. The van der Waals surface area contributed by atoms with Crippen LogP contribution in [0.1, 0.15) is 74.1 Å². The number of piperazine rings is 1. The fourth-order valence-corrected chi connectivity index (χ4v) is 6.83. The van der Waals surface area contributed by atoms with E-state index < -0.39 is 0 Å². The number of nitrogens with one attached hydrogen (secondary N) is 1. The average molecular weight is 510 g/mol. The number of hydrogen-bond donors (Lipinski definition) is 1. The number of hydrogen-bond acceptors (Lipinski definition) is 5. The Balaban J connectivity index is 0.00000161. The van der Waals surface area contributed by atoms with Crippen molar-refractivity contribution < 1.29 is 7.65 Å². The summed E-state index contributed by atoms with van der Waals surface area (Å²) in [6.07, 6.45) is 13.9. The molecule has 4 aliphatic rings. The normalized spacial score (nSPS) is 20.6. The first kappa shape index (κ1) is 23.6. The molecule has 6 heteroatoms. The highest BCUT2D eigenvalue weighted by Gasteiger charge is 2.43. The topological polar surface area (TPSA) is 61.4 Å². The maximum Gasteiger partial charge on any atom is 0.252 e. The van der Waals surface area contributed by atoms with Crippen LogP contribution in [0.3, 0.4) is 0 Å². The number of anilines is 1. The molecule has 6 nitrogen and oxygen atoms in total. The van der Waals surface area contributed by atoms with Crippen molar-refractivity contribution in [3.8, 4) is 11.1 Å². The van der Waals surface area contributed by atoms with Gasteiger partial charge >= 0.3 is 0 Å². The van der Waals surface area contributed by atoms with Crippen molar-refractivity contribution in [1.82, 2.24) is 20.2 Å². The quantitative estimate of drug-likeness (QED) is 0.493. The summed E-state index contributed by atoms with van der Waals surface area (Å²) in [5, 5.41) is 3.37. The van der Waals surface area contributed by atoms with Gasteiger partial charge in [-0.05, 0) is 85.3 Å². The molecule has 1 spiro atoms. The molecule has 2 fully saturated rings. The molecule has 2 aromatic heterocycles. The molecular formula is C32H39N5O. The van der Waals surface area contributed by atoms with E-state index in [9.17, 15) is 4.79 Å². The summed E-state index contributed by atoms with van der Waals surface area (Å²) in [4.78, 5) is 27.2. The molecular weight excluding hydrogens is 470 g/mol. The number of nitrogens with zero attached hydrogens (tertiary/aromatic N) is 4. The molecule has 0 unspecified atom stereocenters. The standard InChI is InChI=1S/C32H35N5O.2H2/c1-36-14-16-37(17-15-36)30-20-22(10-13-33-30)24-18-27-25(6-5-7-29(27)34-21-24)23-8-9-26-28(19-23)32(35-31(26)38)11-3-2-4-12-32;;/h6,8-10,13,18-21H,2-5,7,11-12,14-17H2,1H3,(H,35,38);2*1H. The summed E-state index contributed by atoms with van der Waals surface area (Å²) in [6.45, 7) is 4.12. The molecule has 2 aliphatic heterocycles. The van der Waals surface area contributed by atoms with Gasteiger partial charge in [0.15, 0.2) is 0 Å². The Labute approximate surface area is 227 Å². The van der Waals surface area contributed by atoms with Crippen LogP contribution < -0.4 is 10.2 Å². The number of aromatic nitrogens is 2. The Morgan fingerprint density at radius 2 is 1.74 bits per heavy atom. The molecule has 38 heavy (non-hydrogen) atoms. The predicted octanol–water partition coefficient (Wildman–Crippen LogP) is 5.67. The fourth-order valence-electron chi connectivity index (χ4n) is 6.83. The van der Waals surface area contributed by atoms with Gasteiger partial charge in [0.05, 0.1) is 5.54 Å². The lowest BCUT2D eigenvalue weighted by Crippen LogP contribution is -2.44. The van der Waals surface area contributed by atoms with E-state index in [1.807, 2.05) is 18.5 Å². The van der Waals surface area contributed by atoms with Gasteiger partial charge in [-0.25, -0.2) is 4.98 Å². The van der Waals surface area contributed by atoms with Gasteiger partial charge in [-0.2, -0.15) is 0 Å². The van der Waals surface area contributed by atoms with Gasteiger partial charge in [0, 0.05) is 63.8 Å². The molecule has 1 saturated heterocycles. The van der Waals surface area contributed by atoms with E-state index in [2.05, 4.69) is 63.6 Å². The smallest absolute Gasteiger partial charge is 0.252 e. The van der Waals surface area contributed by atoms with Crippen molar-refractivity contribution in [3.63, 3.8) is 0 Å². The van der Waals surface area contributed by atoms with Crippen LogP contribution in [0, 0.1) is 0 Å². The van der Waals surface area contributed by atoms with Crippen LogP contribution in [0.4, 0.5) is 5.82 Å². The average Bonchev–Trinajstić information content (AvgIpc) is 3.23. The van der Waals surface area contributed by atoms with Gasteiger partial charge < -0.3 is 15.1 Å². The van der Waals surface area contributed by atoms with E-state index in [1.54, 1.807) is 0 Å². The van der Waals surface area contributed by atoms with Gasteiger partial charge in [0.2, 0.25) is 0 Å². The number of pyridine rings is 2. The van der Waals surface area contributed by atoms with E-state index in [0.717, 1.165) is 80.1 Å². The van der Waals surface area contributed by atoms with Crippen molar-refractivity contribution in [2.45, 2.75) is 50.5 Å². The highest BCUT2D eigenvalue weighted by Crippen LogP contribution is 2.44. The minimum Gasteiger partial charge on any atom is -0.354 e. The summed E-state index contributed by atoms with van der Waals surface area (Å²) in [5.41, 5.74) is 8.93. The van der Waals surface area contributed by atoms with Gasteiger partial charge in [0.1, 0.15) is 5.82 Å². The van der Waals surface area contributed by atoms with Crippen molar-refractivity contribution in [3.05, 3.63) is 82.8 Å². The Hall–Kier alpha value is -3.51. The summed E-state index contributed by atoms with van der Waals surface area (Å²) in [7, 11) is 2.18. The zero-order valence-electron chi connectivity index (χ0n) is 22.2. The maximum atomic E-state index is 12.8. The third kappa shape index (κ3) is 4.02. The van der Waals surface area contributed by atoms with Gasteiger partial charge in [0.25, 0.3) is 5.91 Å². The van der Waals surface area contributed by atoms with Crippen LogP contribution in [0.15, 0.2) is 54.9 Å². The van der Waals surface area contributed by atoms with E-state index in [1.165, 1.54) is 41.5 Å². The molecule has 1 saturated carbocycles. The van der Waals surface area contributed by atoms with Crippen LogP contribution >= 0.6 is 0 Å². The van der Waals surface area contributed by atoms with E-state index in [0.29, 0.717) is 0 Å². The first-order chi connectivity index (χ1) is 18.6. The Kier molecular flexibility index (Phi) is 5.81. The largest absolute Gasteiger partial charge is 0.354 e. The SMILES string of the molecule is CN1CCN(c2cc(-c3cnc4c(c3)C(c3ccc5c(c3)C3(CCCCC3)NC5=O)=CCC4)ccn2)CC1.[HH].[HH]. The molecule has 198 valence electrons. The Bertz CT molecular complexity index is 1440. The zero-order valence-corrected chi connectivity index (χ0v) is 22.2. The molecule has 3 aromatic rings. The van der Waals surface area contributed by atoms with E-state index in [-0.39, 0.29) is 14.3 Å². The van der Waals surface area contributed by atoms with E-state index >= 15 is 0 Å². The summed E-state index contributed by atoms with van der Waals surface area (Å²) in [6, 6.07) is 13.1. The second-order valence-electron chi connectivity index (χ2n) is 11.4. The van der Waals surface area contributed by atoms with Crippen molar-refractivity contribution in [2.75, 3.05) is 38.1 Å². The second kappa shape index (κ2) is 9.35. The molecule has 7 rings (SSSR count). The molecule has 0 atom stereocenters. The van der Waals surface area contributed by atoms with Crippen LogP contribution in [0.25, 0.3) is 16.7 Å². The lowest BCUT2D eigenvalue weighted by Gasteiger charge is -2.34. The molecule has 1 N–H and O–H groups in total. The molecule has 1 aromatic carbocycles. The van der Waals surface area contributed by atoms with Gasteiger partial charge in [-0.15, -0.1) is 0 Å². The number of likely N-dealkylation sites (N-methyl/N-ethyl adjacent to an activating group) is 1. The number of allylic oxidation sites excluding steroid dienone is 1. The highest BCUT2D eigenvalue weighted by molar-refractivity contribution is 6.01. The van der Waals surface area contributed by atoms with E-state index in [4.69, 9.17) is 4.98 Å². The number of fused-ring (bicyclic) bond motifs is 3. The summed E-state index contributed by atoms with van der Waals surface area (Å²) < 4.78 is 0. The number of carbonyl (C=O) groups is 1. The molecule has 0 radical (unpaired) electrons. The summed E-state index contributed by atoms with van der Waals surface area (Å²) in [5.74, 6) is 1.13. The van der Waals surface area contributed by atoms with Crippen LogP contribution in [-0.2, 0) is 12.0 Å². The lowest BCUT2D eigenvalue weighted by atomic mass is 9.76. The van der Waals surface area contributed by atoms with Crippen LogP contribution in [0.2, 0.25) is 0 Å². The van der Waals surface area contributed by atoms with Crippen molar-refractivity contribution in [2.24, 2.45) is 0 Å². The molecule has 0 bridgehead atoms. The highest BCUT2D eigenvalue weighted by atomic mass is 16.2. The third-order valence-electron chi connectivity index (χ3n) is 9.05. The maximum absolute atomic E-state index is 12.8. The number of benzene rings is 1. The number of rotatable bonds is 3. The zero-order chi connectivity index (χ0) is 25.7. The van der Waals surface area contributed by atoms with Crippen LogP contribution in [0.5, 0.6) is 0 Å².